The summed E-state index contributed by atoms with van der Waals surface area (Å²) in [6.07, 6.45) is 0.888. The van der Waals surface area contributed by atoms with Crippen molar-refractivity contribution in [3.05, 3.63) is 24.3 Å². The maximum absolute atomic E-state index is 11.5. The number of carbonyl (C=O) groups is 1. The fourth-order valence-corrected chi connectivity index (χ4v) is 2.15. The number of nitrogens with zero attached hydrogens (tertiary/aromatic N) is 1. The Hall–Kier alpha value is -1.71. The molecular formula is C15H22N2O2. The SMILES string of the molecule is CCC(C)C(C)Nc1cccc(N2CCOC2=O)c1. The highest BCUT2D eigenvalue weighted by Gasteiger charge is 2.23. The highest BCUT2D eigenvalue weighted by Crippen LogP contribution is 2.23. The molecule has 0 radical (unpaired) electrons. The van der Waals surface area contributed by atoms with Crippen LogP contribution in [0.2, 0.25) is 0 Å². The van der Waals surface area contributed by atoms with Crippen molar-refractivity contribution in [1.29, 1.82) is 0 Å². The monoisotopic (exact) mass is 262 g/mol. The molecule has 0 aliphatic carbocycles. The fraction of sp³-hybridized carbons (Fsp3) is 0.533. The molecule has 104 valence electrons. The Labute approximate surface area is 114 Å². The predicted molar refractivity (Wildman–Crippen MR) is 77.7 cm³/mol. The summed E-state index contributed by atoms with van der Waals surface area (Å²) in [4.78, 5) is 13.2. The number of hydrogen-bond donors (Lipinski definition) is 1. The molecule has 19 heavy (non-hydrogen) atoms. The number of nitrogens with one attached hydrogen (secondary N) is 1. The van der Waals surface area contributed by atoms with E-state index in [1.165, 1.54) is 0 Å². The third-order valence-corrected chi connectivity index (χ3v) is 3.81. The van der Waals surface area contributed by atoms with Crippen LogP contribution in [0.25, 0.3) is 0 Å². The Balaban J connectivity index is 2.09. The lowest BCUT2D eigenvalue weighted by Gasteiger charge is -2.22. The summed E-state index contributed by atoms with van der Waals surface area (Å²) in [5.74, 6) is 0.611. The molecule has 1 saturated heterocycles. The Bertz CT molecular complexity index is 448. The van der Waals surface area contributed by atoms with Crippen molar-refractivity contribution in [2.24, 2.45) is 5.92 Å². The Morgan fingerprint density at radius 1 is 1.42 bits per heavy atom. The quantitative estimate of drug-likeness (QED) is 0.883. The molecule has 0 saturated carbocycles. The van der Waals surface area contributed by atoms with Crippen LogP contribution in [0.1, 0.15) is 27.2 Å². The number of ether oxygens (including phenoxy) is 1. The summed E-state index contributed by atoms with van der Waals surface area (Å²) in [6.45, 7) is 7.72. The first-order valence-corrected chi connectivity index (χ1v) is 6.92. The number of benzene rings is 1. The highest BCUT2D eigenvalue weighted by molar-refractivity contribution is 5.89. The number of cyclic esters (lactones) is 1. The van der Waals surface area contributed by atoms with E-state index in [1.807, 2.05) is 24.3 Å². The molecule has 1 heterocycles. The minimum absolute atomic E-state index is 0.257. The standard InChI is InChI=1S/C15H22N2O2/c1-4-11(2)12(3)16-13-6-5-7-14(10-13)17-8-9-19-15(17)18/h5-7,10-12,16H,4,8-9H2,1-3H3. The van der Waals surface area contributed by atoms with Crippen LogP contribution in [-0.4, -0.2) is 25.3 Å². The minimum Gasteiger partial charge on any atom is -0.447 e. The summed E-state index contributed by atoms with van der Waals surface area (Å²) in [6, 6.07) is 8.35. The Morgan fingerprint density at radius 3 is 2.84 bits per heavy atom. The molecule has 0 spiro atoms. The molecule has 2 unspecified atom stereocenters. The lowest BCUT2D eigenvalue weighted by atomic mass is 10.0. The van der Waals surface area contributed by atoms with E-state index in [4.69, 9.17) is 4.74 Å². The maximum atomic E-state index is 11.5. The summed E-state index contributed by atoms with van der Waals surface area (Å²) >= 11 is 0. The van der Waals surface area contributed by atoms with Gasteiger partial charge in [-0.2, -0.15) is 0 Å². The largest absolute Gasteiger partial charge is 0.447 e. The molecular weight excluding hydrogens is 240 g/mol. The molecule has 0 bridgehead atoms. The Morgan fingerprint density at radius 2 is 2.21 bits per heavy atom. The fourth-order valence-electron chi connectivity index (χ4n) is 2.15. The maximum Gasteiger partial charge on any atom is 0.414 e. The molecule has 1 amide bonds. The summed E-state index contributed by atoms with van der Waals surface area (Å²) in [5, 5.41) is 3.49. The van der Waals surface area contributed by atoms with Gasteiger partial charge in [-0.15, -0.1) is 0 Å². The zero-order chi connectivity index (χ0) is 13.8. The van der Waals surface area contributed by atoms with Gasteiger partial charge >= 0.3 is 6.09 Å². The van der Waals surface area contributed by atoms with Crippen molar-refractivity contribution in [3.8, 4) is 0 Å². The van der Waals surface area contributed by atoms with E-state index in [1.54, 1.807) is 4.90 Å². The molecule has 4 heteroatoms. The van der Waals surface area contributed by atoms with Crippen molar-refractivity contribution < 1.29 is 9.53 Å². The van der Waals surface area contributed by atoms with Gasteiger partial charge < -0.3 is 10.1 Å². The van der Waals surface area contributed by atoms with Crippen LogP contribution in [0.3, 0.4) is 0 Å². The molecule has 1 aliphatic heterocycles. The van der Waals surface area contributed by atoms with Crippen molar-refractivity contribution in [1.82, 2.24) is 0 Å². The van der Waals surface area contributed by atoms with E-state index < -0.39 is 0 Å². The van der Waals surface area contributed by atoms with Crippen LogP contribution in [0.4, 0.5) is 16.2 Å². The number of rotatable bonds is 5. The van der Waals surface area contributed by atoms with Crippen LogP contribution in [0.15, 0.2) is 24.3 Å². The van der Waals surface area contributed by atoms with E-state index in [-0.39, 0.29) is 6.09 Å². The highest BCUT2D eigenvalue weighted by atomic mass is 16.6. The van der Waals surface area contributed by atoms with Gasteiger partial charge in [0.05, 0.1) is 6.54 Å². The van der Waals surface area contributed by atoms with E-state index in [9.17, 15) is 4.79 Å². The molecule has 4 nitrogen and oxygen atoms in total. The van der Waals surface area contributed by atoms with Crippen LogP contribution >= 0.6 is 0 Å². The van der Waals surface area contributed by atoms with Gasteiger partial charge in [0.15, 0.2) is 0 Å². The first-order chi connectivity index (χ1) is 9.11. The number of anilines is 2. The van der Waals surface area contributed by atoms with Gasteiger partial charge in [-0.1, -0.05) is 26.3 Å². The second kappa shape index (κ2) is 5.95. The number of carbonyl (C=O) groups excluding carboxylic acids is 1. The van der Waals surface area contributed by atoms with Crippen LogP contribution < -0.4 is 10.2 Å². The molecule has 0 aromatic heterocycles. The first-order valence-electron chi connectivity index (χ1n) is 6.92. The van der Waals surface area contributed by atoms with Gasteiger partial charge in [0.25, 0.3) is 0 Å². The number of hydrogen-bond acceptors (Lipinski definition) is 3. The third kappa shape index (κ3) is 3.19. The van der Waals surface area contributed by atoms with Gasteiger partial charge in [0.2, 0.25) is 0 Å². The van der Waals surface area contributed by atoms with Gasteiger partial charge in [-0.25, -0.2) is 4.79 Å². The van der Waals surface area contributed by atoms with Gasteiger partial charge in [0, 0.05) is 17.4 Å². The minimum atomic E-state index is -0.257. The third-order valence-electron chi connectivity index (χ3n) is 3.81. The average molecular weight is 262 g/mol. The lowest BCUT2D eigenvalue weighted by Crippen LogP contribution is -2.25. The summed E-state index contributed by atoms with van der Waals surface area (Å²) in [7, 11) is 0. The molecule has 2 rings (SSSR count). The van der Waals surface area contributed by atoms with Crippen molar-refractivity contribution >= 4 is 17.5 Å². The van der Waals surface area contributed by atoms with Gasteiger partial charge in [0.1, 0.15) is 6.61 Å². The smallest absolute Gasteiger partial charge is 0.414 e. The van der Waals surface area contributed by atoms with E-state index in [0.717, 1.165) is 17.8 Å². The zero-order valence-corrected chi connectivity index (χ0v) is 11.8. The molecule has 1 fully saturated rings. The van der Waals surface area contributed by atoms with Gasteiger partial charge in [-0.05, 0) is 31.0 Å². The van der Waals surface area contributed by atoms with Crippen molar-refractivity contribution in [2.45, 2.75) is 33.2 Å². The van der Waals surface area contributed by atoms with E-state index >= 15 is 0 Å². The molecule has 2 atom stereocenters. The molecule has 1 N–H and O–H groups in total. The van der Waals surface area contributed by atoms with E-state index in [0.29, 0.717) is 25.1 Å². The summed E-state index contributed by atoms with van der Waals surface area (Å²) < 4.78 is 4.96. The predicted octanol–water partition coefficient (Wildman–Crippen LogP) is 3.49. The average Bonchev–Trinajstić information content (AvgIpc) is 2.84. The van der Waals surface area contributed by atoms with Crippen LogP contribution in [0.5, 0.6) is 0 Å². The normalized spacial score (nSPS) is 18.1. The summed E-state index contributed by atoms with van der Waals surface area (Å²) in [5.41, 5.74) is 1.94. The van der Waals surface area contributed by atoms with Gasteiger partial charge in [-0.3, -0.25) is 4.90 Å². The second-order valence-electron chi connectivity index (χ2n) is 5.13. The van der Waals surface area contributed by atoms with Crippen molar-refractivity contribution in [2.75, 3.05) is 23.4 Å². The molecule has 1 aromatic rings. The Kier molecular flexibility index (Phi) is 4.30. The zero-order valence-electron chi connectivity index (χ0n) is 11.8. The lowest BCUT2D eigenvalue weighted by molar-refractivity contribution is 0.181. The second-order valence-corrected chi connectivity index (χ2v) is 5.13. The molecule has 1 aromatic carbocycles. The number of amides is 1. The van der Waals surface area contributed by atoms with Crippen molar-refractivity contribution in [3.63, 3.8) is 0 Å². The molecule has 1 aliphatic rings. The van der Waals surface area contributed by atoms with Crippen LogP contribution in [-0.2, 0) is 4.74 Å². The van der Waals surface area contributed by atoms with Crippen LogP contribution in [0, 0.1) is 5.92 Å². The van der Waals surface area contributed by atoms with E-state index in [2.05, 4.69) is 26.1 Å². The first kappa shape index (κ1) is 13.7. The topological polar surface area (TPSA) is 41.6 Å².